The maximum Gasteiger partial charge on any atom is 0.339 e. The third-order valence-corrected chi connectivity index (χ3v) is 3.01. The summed E-state index contributed by atoms with van der Waals surface area (Å²) in [6, 6.07) is 5.76. The number of carboxylic acids is 1. The Balaban J connectivity index is 2.44. The van der Waals surface area contributed by atoms with Gasteiger partial charge in [-0.05, 0) is 34.1 Å². The summed E-state index contributed by atoms with van der Waals surface area (Å²) in [6.45, 7) is 0. The molecule has 0 fully saturated rings. The molecule has 0 unspecified atom stereocenters. The first-order chi connectivity index (χ1) is 8.99. The minimum atomic E-state index is -1.17. The molecule has 0 spiro atoms. The van der Waals surface area contributed by atoms with Gasteiger partial charge in [-0.25, -0.2) is 14.2 Å². The zero-order valence-electron chi connectivity index (χ0n) is 9.32. The van der Waals surface area contributed by atoms with Gasteiger partial charge in [-0.1, -0.05) is 17.7 Å². The Labute approximate surface area is 121 Å². The summed E-state index contributed by atoms with van der Waals surface area (Å²) in [7, 11) is 0. The lowest BCUT2D eigenvalue weighted by molar-refractivity contribution is 0.0697. The highest BCUT2D eigenvalue weighted by Crippen LogP contribution is 2.27. The summed E-state index contributed by atoms with van der Waals surface area (Å²) in [5.41, 5.74) is -0.0152. The van der Waals surface area contributed by atoms with Crippen LogP contribution in [0.4, 0.5) is 15.9 Å². The molecule has 0 aliphatic carbocycles. The topological polar surface area (TPSA) is 62.2 Å². The average molecular weight is 346 g/mol. The van der Waals surface area contributed by atoms with Crippen LogP contribution in [0, 0.1) is 5.82 Å². The monoisotopic (exact) mass is 344 g/mol. The Morgan fingerprint density at radius 3 is 2.89 bits per heavy atom. The van der Waals surface area contributed by atoms with Crippen molar-refractivity contribution in [3.8, 4) is 0 Å². The van der Waals surface area contributed by atoms with Crippen LogP contribution in [0.15, 0.2) is 34.9 Å². The standard InChI is InChI=1S/C12H7BrClFN2O2/c13-6-4-7(12(18)19)11(16-5-6)17-9-3-1-2-8(14)10(9)15/h1-5H,(H,16,17)(H,18,19). The first-order valence-electron chi connectivity index (χ1n) is 5.09. The summed E-state index contributed by atoms with van der Waals surface area (Å²) < 4.78 is 14.2. The Hall–Kier alpha value is -1.66. The van der Waals surface area contributed by atoms with Crippen LogP contribution in [0.1, 0.15) is 10.4 Å². The average Bonchev–Trinajstić information content (AvgIpc) is 2.36. The van der Waals surface area contributed by atoms with E-state index >= 15 is 0 Å². The molecule has 0 saturated carbocycles. The van der Waals surface area contributed by atoms with E-state index in [1.807, 2.05) is 0 Å². The van der Waals surface area contributed by atoms with Crippen LogP contribution in [-0.2, 0) is 0 Å². The fraction of sp³-hybridized carbons (Fsp3) is 0. The van der Waals surface area contributed by atoms with Crippen molar-refractivity contribution in [2.24, 2.45) is 0 Å². The van der Waals surface area contributed by atoms with Crippen LogP contribution in [0.3, 0.4) is 0 Å². The SMILES string of the molecule is O=C(O)c1cc(Br)cnc1Nc1cccc(Cl)c1F. The Morgan fingerprint density at radius 2 is 2.21 bits per heavy atom. The summed E-state index contributed by atoms with van der Waals surface area (Å²) >= 11 is 8.78. The summed E-state index contributed by atoms with van der Waals surface area (Å²) in [5.74, 6) is -1.79. The molecule has 2 N–H and O–H groups in total. The molecule has 1 aromatic carbocycles. The smallest absolute Gasteiger partial charge is 0.339 e. The maximum absolute atomic E-state index is 13.7. The molecule has 2 aromatic rings. The van der Waals surface area contributed by atoms with E-state index in [2.05, 4.69) is 26.2 Å². The number of aromatic nitrogens is 1. The lowest BCUT2D eigenvalue weighted by Crippen LogP contribution is -2.05. The van der Waals surface area contributed by atoms with Gasteiger partial charge >= 0.3 is 5.97 Å². The first kappa shape index (κ1) is 13.8. The number of halogens is 3. The quantitative estimate of drug-likeness (QED) is 0.880. The molecule has 0 saturated heterocycles. The fourth-order valence-corrected chi connectivity index (χ4v) is 1.94. The van der Waals surface area contributed by atoms with E-state index in [1.54, 1.807) is 6.07 Å². The van der Waals surface area contributed by atoms with Crippen molar-refractivity contribution in [2.75, 3.05) is 5.32 Å². The number of hydrogen-bond donors (Lipinski definition) is 2. The number of carbonyl (C=O) groups is 1. The van der Waals surface area contributed by atoms with Gasteiger partial charge in [0.25, 0.3) is 0 Å². The van der Waals surface area contributed by atoms with Gasteiger partial charge in [0.2, 0.25) is 0 Å². The number of pyridine rings is 1. The molecule has 0 atom stereocenters. The fourth-order valence-electron chi connectivity index (χ4n) is 1.43. The van der Waals surface area contributed by atoms with Gasteiger partial charge < -0.3 is 10.4 Å². The maximum atomic E-state index is 13.7. The van der Waals surface area contributed by atoms with Gasteiger partial charge in [0.1, 0.15) is 11.4 Å². The van der Waals surface area contributed by atoms with Crippen LogP contribution >= 0.6 is 27.5 Å². The van der Waals surface area contributed by atoms with Gasteiger partial charge in [0, 0.05) is 10.7 Å². The number of aromatic carboxylic acids is 1. The van der Waals surface area contributed by atoms with Gasteiger partial charge in [-0.3, -0.25) is 0 Å². The Kier molecular flexibility index (Phi) is 4.01. The molecule has 0 amide bonds. The second-order valence-electron chi connectivity index (χ2n) is 3.58. The predicted octanol–water partition coefficient (Wildman–Crippen LogP) is 4.08. The molecule has 19 heavy (non-hydrogen) atoms. The van der Waals surface area contributed by atoms with Crippen LogP contribution in [0.2, 0.25) is 5.02 Å². The molecular formula is C12H7BrClFN2O2. The highest BCUT2D eigenvalue weighted by Gasteiger charge is 2.14. The minimum absolute atomic E-state index is 0.0388. The number of nitrogens with zero attached hydrogens (tertiary/aromatic N) is 1. The van der Waals surface area contributed by atoms with Gasteiger partial charge in [0.05, 0.1) is 10.7 Å². The van der Waals surface area contributed by atoms with Crippen molar-refractivity contribution in [3.63, 3.8) is 0 Å². The molecule has 4 nitrogen and oxygen atoms in total. The molecule has 0 bridgehead atoms. The molecule has 0 aliphatic rings. The van der Waals surface area contributed by atoms with Gasteiger partial charge in [0.15, 0.2) is 5.82 Å². The van der Waals surface area contributed by atoms with Crippen LogP contribution < -0.4 is 5.32 Å². The number of anilines is 2. The number of hydrogen-bond acceptors (Lipinski definition) is 3. The second-order valence-corrected chi connectivity index (χ2v) is 4.90. The van der Waals surface area contributed by atoms with E-state index in [1.165, 1.54) is 24.4 Å². The van der Waals surface area contributed by atoms with E-state index in [9.17, 15) is 9.18 Å². The van der Waals surface area contributed by atoms with Crippen molar-refractivity contribution in [2.45, 2.75) is 0 Å². The highest BCUT2D eigenvalue weighted by molar-refractivity contribution is 9.10. The van der Waals surface area contributed by atoms with Gasteiger partial charge in [-0.2, -0.15) is 0 Å². The first-order valence-corrected chi connectivity index (χ1v) is 6.26. The van der Waals surface area contributed by atoms with Crippen LogP contribution in [0.25, 0.3) is 0 Å². The van der Waals surface area contributed by atoms with Crippen molar-refractivity contribution in [1.82, 2.24) is 4.98 Å². The summed E-state index contributed by atoms with van der Waals surface area (Å²) in [5, 5.41) is 11.6. The van der Waals surface area contributed by atoms with E-state index < -0.39 is 11.8 Å². The second kappa shape index (κ2) is 5.54. The molecule has 1 aromatic heterocycles. The zero-order valence-corrected chi connectivity index (χ0v) is 11.7. The number of carboxylic acid groups (broad SMARTS) is 1. The summed E-state index contributed by atoms with van der Waals surface area (Å²) in [6.07, 6.45) is 1.41. The van der Waals surface area contributed by atoms with Crippen LogP contribution in [0.5, 0.6) is 0 Å². The third-order valence-electron chi connectivity index (χ3n) is 2.29. The van der Waals surface area contributed by atoms with E-state index in [0.29, 0.717) is 4.47 Å². The van der Waals surface area contributed by atoms with E-state index in [4.69, 9.17) is 16.7 Å². The molecule has 7 heteroatoms. The highest BCUT2D eigenvalue weighted by atomic mass is 79.9. The molecule has 1 heterocycles. The lowest BCUT2D eigenvalue weighted by atomic mass is 10.2. The molecule has 98 valence electrons. The largest absolute Gasteiger partial charge is 0.478 e. The van der Waals surface area contributed by atoms with Crippen molar-refractivity contribution in [3.05, 3.63) is 51.3 Å². The molecule has 0 radical (unpaired) electrons. The normalized spacial score (nSPS) is 10.3. The van der Waals surface area contributed by atoms with Crippen molar-refractivity contribution in [1.29, 1.82) is 0 Å². The summed E-state index contributed by atoms with van der Waals surface area (Å²) in [4.78, 5) is 15.0. The van der Waals surface area contributed by atoms with E-state index in [0.717, 1.165) is 0 Å². The van der Waals surface area contributed by atoms with Crippen molar-refractivity contribution < 1.29 is 14.3 Å². The van der Waals surface area contributed by atoms with E-state index in [-0.39, 0.29) is 22.1 Å². The third kappa shape index (κ3) is 3.02. The molecule has 2 rings (SSSR count). The molecular weight excluding hydrogens is 338 g/mol. The molecule has 0 aliphatic heterocycles. The number of rotatable bonds is 3. The Bertz CT molecular complexity index is 652. The number of benzene rings is 1. The van der Waals surface area contributed by atoms with Crippen LogP contribution in [-0.4, -0.2) is 16.1 Å². The predicted molar refractivity (Wildman–Crippen MR) is 73.6 cm³/mol. The number of nitrogens with one attached hydrogen (secondary N) is 1. The Morgan fingerprint density at radius 1 is 1.47 bits per heavy atom. The van der Waals surface area contributed by atoms with Crippen molar-refractivity contribution >= 4 is 45.0 Å². The lowest BCUT2D eigenvalue weighted by Gasteiger charge is -2.10. The minimum Gasteiger partial charge on any atom is -0.478 e. The van der Waals surface area contributed by atoms with Gasteiger partial charge in [-0.15, -0.1) is 0 Å². The zero-order chi connectivity index (χ0) is 14.0.